The highest BCUT2D eigenvalue weighted by Crippen LogP contribution is 2.10. The number of aliphatic hydroxyl groups is 5. The molecule has 7 nitrogen and oxygen atoms in total. The van der Waals surface area contributed by atoms with Gasteiger partial charge in [0, 0.05) is 6.42 Å². The van der Waals surface area contributed by atoms with E-state index < -0.39 is 12.2 Å². The number of carbonyl (C=O) groups is 1. The third-order valence-corrected chi connectivity index (χ3v) is 3.55. The van der Waals surface area contributed by atoms with Crippen molar-refractivity contribution in [2.24, 2.45) is 0 Å². The lowest BCUT2D eigenvalue weighted by Gasteiger charge is -2.08. The Morgan fingerprint density at radius 1 is 0.760 bits per heavy atom. The molecule has 0 aromatic carbocycles. The summed E-state index contributed by atoms with van der Waals surface area (Å²) in [7, 11) is 0. The second kappa shape index (κ2) is 21.3. The summed E-state index contributed by atoms with van der Waals surface area (Å²) in [6.45, 7) is 1.02. The highest BCUT2D eigenvalue weighted by molar-refractivity contribution is 5.69. The van der Waals surface area contributed by atoms with Crippen LogP contribution in [0.4, 0.5) is 0 Å². The molecule has 0 rings (SSSR count). The van der Waals surface area contributed by atoms with E-state index in [1.165, 1.54) is 44.9 Å². The number of hydrogen-bond donors (Lipinski definition) is 5. The van der Waals surface area contributed by atoms with Crippen molar-refractivity contribution in [2.45, 2.75) is 83.3 Å². The molecule has 0 amide bonds. The molecule has 0 aromatic rings. The molecule has 25 heavy (non-hydrogen) atoms. The maximum absolute atomic E-state index is 11.3. The van der Waals surface area contributed by atoms with Crippen LogP contribution in [0.25, 0.3) is 0 Å². The lowest BCUT2D eigenvalue weighted by molar-refractivity contribution is -0.147. The molecule has 0 saturated heterocycles. The molecule has 0 heterocycles. The molecular weight excluding hydrogens is 328 g/mol. The zero-order valence-electron chi connectivity index (χ0n) is 15.6. The first-order valence-electron chi connectivity index (χ1n) is 9.36. The summed E-state index contributed by atoms with van der Waals surface area (Å²) in [5.41, 5.74) is 0. The molecule has 7 heteroatoms. The minimum absolute atomic E-state index is 0.104. The van der Waals surface area contributed by atoms with E-state index in [0.717, 1.165) is 12.8 Å². The Morgan fingerprint density at radius 3 is 1.60 bits per heavy atom. The summed E-state index contributed by atoms with van der Waals surface area (Å²) in [6, 6.07) is 0. The van der Waals surface area contributed by atoms with Crippen LogP contribution in [0.15, 0.2) is 0 Å². The Balaban J connectivity index is 0. The number of hydrogen-bond acceptors (Lipinski definition) is 7. The van der Waals surface area contributed by atoms with E-state index in [4.69, 9.17) is 30.3 Å². The van der Waals surface area contributed by atoms with E-state index in [2.05, 4.69) is 6.92 Å². The molecule has 0 aliphatic rings. The quantitative estimate of drug-likeness (QED) is 0.217. The minimum atomic E-state index is -0.954. The van der Waals surface area contributed by atoms with Crippen molar-refractivity contribution in [3.63, 3.8) is 0 Å². The van der Waals surface area contributed by atoms with Crippen molar-refractivity contribution < 1.29 is 35.1 Å². The smallest absolute Gasteiger partial charge is 0.305 e. The molecule has 152 valence electrons. The molecule has 0 radical (unpaired) electrons. The zero-order valence-corrected chi connectivity index (χ0v) is 15.6. The van der Waals surface area contributed by atoms with Crippen molar-refractivity contribution in [3.8, 4) is 0 Å². The highest BCUT2D eigenvalue weighted by Gasteiger charge is 2.07. The minimum Gasteiger partial charge on any atom is -0.463 e. The lowest BCUT2D eigenvalue weighted by Crippen LogP contribution is -2.21. The Labute approximate surface area is 151 Å². The Kier molecular flexibility index (Phi) is 22.6. The second-order valence-electron chi connectivity index (χ2n) is 6.12. The zero-order chi connectivity index (χ0) is 19.3. The van der Waals surface area contributed by atoms with Crippen molar-refractivity contribution >= 4 is 5.97 Å². The average molecular weight is 366 g/mol. The van der Waals surface area contributed by atoms with Gasteiger partial charge in [-0.15, -0.1) is 0 Å². The molecule has 0 fully saturated rings. The Bertz CT molecular complexity index is 270. The molecule has 0 bridgehead atoms. The largest absolute Gasteiger partial charge is 0.463 e. The van der Waals surface area contributed by atoms with Gasteiger partial charge in [0.2, 0.25) is 0 Å². The molecule has 0 spiro atoms. The van der Waals surface area contributed by atoms with Gasteiger partial charge < -0.3 is 30.3 Å². The van der Waals surface area contributed by atoms with Crippen molar-refractivity contribution in [3.05, 3.63) is 0 Å². The van der Waals surface area contributed by atoms with Crippen LogP contribution in [0.1, 0.15) is 71.1 Å². The fourth-order valence-corrected chi connectivity index (χ4v) is 1.95. The second-order valence-corrected chi connectivity index (χ2v) is 6.12. The Hall–Kier alpha value is -0.730. The van der Waals surface area contributed by atoms with Gasteiger partial charge in [-0.3, -0.25) is 4.79 Å². The van der Waals surface area contributed by atoms with Gasteiger partial charge in [-0.2, -0.15) is 0 Å². The fourth-order valence-electron chi connectivity index (χ4n) is 1.95. The van der Waals surface area contributed by atoms with Gasteiger partial charge in [-0.25, -0.2) is 0 Å². The first kappa shape index (κ1) is 26.5. The molecule has 0 aromatic heterocycles. The van der Waals surface area contributed by atoms with Crippen LogP contribution < -0.4 is 0 Å². The van der Waals surface area contributed by atoms with Crippen LogP contribution >= 0.6 is 0 Å². The number of ether oxygens (including phenoxy) is 1. The third kappa shape index (κ3) is 23.3. The van der Waals surface area contributed by atoms with E-state index >= 15 is 0 Å². The molecule has 5 N–H and O–H groups in total. The maximum Gasteiger partial charge on any atom is 0.305 e. The Morgan fingerprint density at radius 2 is 1.20 bits per heavy atom. The normalized spacial score (nSPS) is 11.8. The van der Waals surface area contributed by atoms with Gasteiger partial charge in [0.25, 0.3) is 0 Å². The molecular formula is C18H38O7. The van der Waals surface area contributed by atoms with Gasteiger partial charge in [0.15, 0.2) is 0 Å². The van der Waals surface area contributed by atoms with Gasteiger partial charge in [0.1, 0.15) is 18.8 Å². The summed E-state index contributed by atoms with van der Waals surface area (Å²) >= 11 is 0. The lowest BCUT2D eigenvalue weighted by atomic mass is 10.1. The number of carbonyl (C=O) groups excluding carboxylic acids is 1. The van der Waals surface area contributed by atoms with Gasteiger partial charge in [0.05, 0.1) is 19.8 Å². The van der Waals surface area contributed by atoms with E-state index in [1.807, 2.05) is 0 Å². The van der Waals surface area contributed by atoms with Crippen molar-refractivity contribution in [2.75, 3.05) is 26.4 Å². The van der Waals surface area contributed by atoms with E-state index in [9.17, 15) is 4.79 Å². The monoisotopic (exact) mass is 366 g/mol. The predicted octanol–water partition coefficient (Wildman–Crippen LogP) is 1.14. The van der Waals surface area contributed by atoms with Crippen LogP contribution in [-0.2, 0) is 9.53 Å². The van der Waals surface area contributed by atoms with Crippen LogP contribution in [0.3, 0.4) is 0 Å². The van der Waals surface area contributed by atoms with E-state index in [-0.39, 0.29) is 32.4 Å². The number of esters is 1. The molecule has 0 aliphatic carbocycles. The van der Waals surface area contributed by atoms with Crippen LogP contribution in [0.2, 0.25) is 0 Å². The highest BCUT2D eigenvalue weighted by atomic mass is 16.5. The van der Waals surface area contributed by atoms with Gasteiger partial charge in [-0.05, 0) is 6.42 Å². The maximum atomic E-state index is 11.3. The fraction of sp³-hybridized carbons (Fsp3) is 0.944. The summed E-state index contributed by atoms with van der Waals surface area (Å²) in [5, 5.41) is 41.6. The molecule has 1 atom stereocenters. The van der Waals surface area contributed by atoms with Crippen molar-refractivity contribution in [1.82, 2.24) is 0 Å². The molecule has 0 saturated carbocycles. The van der Waals surface area contributed by atoms with Crippen molar-refractivity contribution in [1.29, 1.82) is 0 Å². The van der Waals surface area contributed by atoms with E-state index in [0.29, 0.717) is 6.42 Å². The summed E-state index contributed by atoms with van der Waals surface area (Å²) < 4.78 is 4.82. The number of aliphatic hydroxyl groups excluding tert-OH is 5. The number of rotatable bonds is 15. The first-order valence-corrected chi connectivity index (χ1v) is 9.36. The average Bonchev–Trinajstić information content (AvgIpc) is 2.64. The number of unbranched alkanes of at least 4 members (excludes halogenated alkanes) is 8. The van der Waals surface area contributed by atoms with Crippen LogP contribution in [0, 0.1) is 0 Å². The first-order chi connectivity index (χ1) is 12.0. The molecule has 0 aliphatic heterocycles. The third-order valence-electron chi connectivity index (χ3n) is 3.55. The predicted molar refractivity (Wildman–Crippen MR) is 96.1 cm³/mol. The van der Waals surface area contributed by atoms with Crippen LogP contribution in [-0.4, -0.2) is 70.1 Å². The standard InChI is InChI=1S/C15H30O4.C3H8O3/c1-2-3-4-5-6-7-8-9-10-11-15(18)19-13-14(17)12-16;4-1-3(6)2-5/h14,16-17H,2-13H2,1H3;3-6H,1-2H2. The summed E-state index contributed by atoms with van der Waals surface area (Å²) in [6.07, 6.45) is 9.44. The topological polar surface area (TPSA) is 127 Å². The van der Waals surface area contributed by atoms with Crippen LogP contribution in [0.5, 0.6) is 0 Å². The van der Waals surface area contributed by atoms with Gasteiger partial charge in [-0.1, -0.05) is 58.3 Å². The SMILES string of the molecule is CCCCCCCCCCCC(=O)OCC(O)CO.OCC(O)CO. The van der Waals surface area contributed by atoms with Gasteiger partial charge >= 0.3 is 5.97 Å². The summed E-state index contributed by atoms with van der Waals surface area (Å²) in [5.74, 6) is -0.282. The van der Waals surface area contributed by atoms with E-state index in [1.54, 1.807) is 0 Å². The molecule has 1 unspecified atom stereocenters. The summed E-state index contributed by atoms with van der Waals surface area (Å²) in [4.78, 5) is 11.3.